The maximum Gasteiger partial charge on any atom is 0.275 e. The van der Waals surface area contributed by atoms with Crippen LogP contribution in [-0.2, 0) is 4.79 Å². The number of carbonyl (C=O) groups excluding carboxylic acids is 2. The summed E-state index contributed by atoms with van der Waals surface area (Å²) in [7, 11) is 1.88. The summed E-state index contributed by atoms with van der Waals surface area (Å²) in [6.07, 6.45) is 3.00. The minimum atomic E-state index is -0.358. The highest BCUT2D eigenvalue weighted by Crippen LogP contribution is 2.20. The zero-order valence-corrected chi connectivity index (χ0v) is 15.0. The minimum Gasteiger partial charge on any atom is -0.328 e. The second-order valence-corrected chi connectivity index (χ2v) is 5.87. The molecule has 0 fully saturated rings. The van der Waals surface area contributed by atoms with Gasteiger partial charge in [-0.25, -0.2) is 9.97 Å². The van der Waals surface area contributed by atoms with Crippen LogP contribution in [0.15, 0.2) is 67.0 Å². The molecule has 0 aliphatic carbocycles. The molecule has 2 N–H and O–H groups in total. The number of benzene rings is 2. The Labute approximate surface area is 157 Å². The third kappa shape index (κ3) is 4.66. The molecule has 0 atom stereocenters. The number of hydrogen-bond acceptors (Lipinski definition) is 5. The molecule has 27 heavy (non-hydrogen) atoms. The number of amides is 2. The fraction of sp³-hybridized carbons (Fsp3) is 0.100. The second-order valence-electron chi connectivity index (χ2n) is 5.87. The molecule has 7 heteroatoms. The fourth-order valence-corrected chi connectivity index (χ4v) is 2.43. The highest BCUT2D eigenvalue weighted by molar-refractivity contribution is 6.02. The van der Waals surface area contributed by atoms with Gasteiger partial charge in [-0.05, 0) is 36.4 Å². The van der Waals surface area contributed by atoms with Gasteiger partial charge in [0, 0.05) is 31.0 Å². The molecule has 0 bridgehead atoms. The smallest absolute Gasteiger partial charge is 0.275 e. The van der Waals surface area contributed by atoms with Gasteiger partial charge in [0.25, 0.3) is 5.91 Å². The van der Waals surface area contributed by atoms with E-state index in [1.54, 1.807) is 30.5 Å². The molecule has 0 aliphatic rings. The number of rotatable bonds is 5. The van der Waals surface area contributed by atoms with Gasteiger partial charge in [-0.15, -0.1) is 0 Å². The zero-order valence-electron chi connectivity index (χ0n) is 15.0. The Hall–Kier alpha value is -3.74. The van der Waals surface area contributed by atoms with E-state index in [0.717, 1.165) is 5.69 Å². The van der Waals surface area contributed by atoms with E-state index in [9.17, 15) is 9.59 Å². The summed E-state index contributed by atoms with van der Waals surface area (Å²) < 4.78 is 0. The second kappa shape index (κ2) is 8.09. The van der Waals surface area contributed by atoms with Gasteiger partial charge in [-0.3, -0.25) is 9.59 Å². The lowest BCUT2D eigenvalue weighted by atomic mass is 10.2. The molecule has 7 nitrogen and oxygen atoms in total. The van der Waals surface area contributed by atoms with Crippen LogP contribution in [0, 0.1) is 0 Å². The number of carbonyl (C=O) groups is 2. The molecule has 1 heterocycles. The molecule has 1 aromatic heterocycles. The number of hydrogen-bond donors (Lipinski definition) is 2. The highest BCUT2D eigenvalue weighted by Gasteiger charge is 2.11. The molecular weight excluding hydrogens is 342 g/mol. The van der Waals surface area contributed by atoms with E-state index in [0.29, 0.717) is 17.2 Å². The van der Waals surface area contributed by atoms with Crippen molar-refractivity contribution in [3.05, 3.63) is 72.7 Å². The van der Waals surface area contributed by atoms with Crippen LogP contribution in [0.3, 0.4) is 0 Å². The van der Waals surface area contributed by atoms with E-state index in [1.165, 1.54) is 13.1 Å². The summed E-state index contributed by atoms with van der Waals surface area (Å²) in [6.45, 7) is 1.44. The quantitative estimate of drug-likeness (QED) is 0.727. The van der Waals surface area contributed by atoms with Gasteiger partial charge in [-0.2, -0.15) is 0 Å². The molecular formula is C20H19N5O2. The maximum absolute atomic E-state index is 12.3. The first kappa shape index (κ1) is 18.1. The van der Waals surface area contributed by atoms with Gasteiger partial charge < -0.3 is 15.5 Å². The molecule has 2 amide bonds. The van der Waals surface area contributed by atoms with Crippen LogP contribution >= 0.6 is 0 Å². The summed E-state index contributed by atoms with van der Waals surface area (Å²) in [4.78, 5) is 33.8. The summed E-state index contributed by atoms with van der Waals surface area (Å²) >= 11 is 0. The average molecular weight is 361 g/mol. The Kier molecular flexibility index (Phi) is 5.41. The van der Waals surface area contributed by atoms with Crippen LogP contribution < -0.4 is 15.5 Å². The Bertz CT molecular complexity index is 925. The van der Waals surface area contributed by atoms with Gasteiger partial charge in [-0.1, -0.05) is 18.2 Å². The number of nitrogens with one attached hydrogen (secondary N) is 2. The minimum absolute atomic E-state index is 0.150. The van der Waals surface area contributed by atoms with Crippen LogP contribution in [-0.4, -0.2) is 28.8 Å². The third-order valence-corrected chi connectivity index (χ3v) is 3.82. The largest absolute Gasteiger partial charge is 0.328 e. The summed E-state index contributed by atoms with van der Waals surface area (Å²) in [5, 5.41) is 5.42. The predicted molar refractivity (Wildman–Crippen MR) is 105 cm³/mol. The fourth-order valence-electron chi connectivity index (χ4n) is 2.43. The van der Waals surface area contributed by atoms with E-state index in [2.05, 4.69) is 20.6 Å². The van der Waals surface area contributed by atoms with Crippen molar-refractivity contribution in [2.24, 2.45) is 0 Å². The molecule has 3 aromatic rings. The van der Waals surface area contributed by atoms with Gasteiger partial charge in [0.1, 0.15) is 5.69 Å². The van der Waals surface area contributed by atoms with Gasteiger partial charge in [0.15, 0.2) is 5.82 Å². The zero-order chi connectivity index (χ0) is 19.2. The standard InChI is InChI=1S/C20H19N5O2/c1-14(26)23-15-8-10-16(11-9-15)24-20(27)18-12-22-19(13-21-18)25(2)17-6-4-3-5-7-17/h3-13H,1-2H3,(H,23,26)(H,24,27). The number of para-hydroxylation sites is 1. The van der Waals surface area contributed by atoms with Crippen molar-refractivity contribution in [1.82, 2.24) is 9.97 Å². The van der Waals surface area contributed by atoms with E-state index in [1.807, 2.05) is 42.3 Å². The van der Waals surface area contributed by atoms with E-state index >= 15 is 0 Å². The van der Waals surface area contributed by atoms with Gasteiger partial charge >= 0.3 is 0 Å². The van der Waals surface area contributed by atoms with Crippen molar-refractivity contribution in [1.29, 1.82) is 0 Å². The molecule has 0 saturated carbocycles. The maximum atomic E-state index is 12.3. The van der Waals surface area contributed by atoms with Crippen molar-refractivity contribution < 1.29 is 9.59 Å². The first-order valence-electron chi connectivity index (χ1n) is 8.33. The molecule has 0 spiro atoms. The number of nitrogens with zero attached hydrogens (tertiary/aromatic N) is 3. The Morgan fingerprint density at radius 3 is 2.04 bits per heavy atom. The van der Waals surface area contributed by atoms with Crippen molar-refractivity contribution in [2.75, 3.05) is 22.6 Å². The Balaban J connectivity index is 1.66. The highest BCUT2D eigenvalue weighted by atomic mass is 16.2. The lowest BCUT2D eigenvalue weighted by Gasteiger charge is -2.17. The summed E-state index contributed by atoms with van der Waals surface area (Å²) in [5.41, 5.74) is 2.45. The SMILES string of the molecule is CC(=O)Nc1ccc(NC(=O)c2cnc(N(C)c3ccccc3)cn2)cc1. The van der Waals surface area contributed by atoms with Gasteiger partial charge in [0.05, 0.1) is 12.4 Å². The van der Waals surface area contributed by atoms with Crippen LogP contribution in [0.1, 0.15) is 17.4 Å². The number of anilines is 4. The van der Waals surface area contributed by atoms with Crippen molar-refractivity contribution in [3.63, 3.8) is 0 Å². The van der Waals surface area contributed by atoms with Crippen LogP contribution in [0.4, 0.5) is 22.9 Å². The van der Waals surface area contributed by atoms with Crippen molar-refractivity contribution in [2.45, 2.75) is 6.92 Å². The van der Waals surface area contributed by atoms with Crippen LogP contribution in [0.25, 0.3) is 0 Å². The third-order valence-electron chi connectivity index (χ3n) is 3.82. The molecule has 3 rings (SSSR count). The van der Waals surface area contributed by atoms with Crippen molar-refractivity contribution in [3.8, 4) is 0 Å². The molecule has 0 unspecified atom stereocenters. The first-order chi connectivity index (χ1) is 13.0. The number of aromatic nitrogens is 2. The van der Waals surface area contributed by atoms with Gasteiger partial charge in [0.2, 0.25) is 5.91 Å². The monoisotopic (exact) mass is 361 g/mol. The van der Waals surface area contributed by atoms with E-state index in [4.69, 9.17) is 0 Å². The predicted octanol–water partition coefficient (Wildman–Crippen LogP) is 3.46. The molecule has 0 radical (unpaired) electrons. The lowest BCUT2D eigenvalue weighted by molar-refractivity contribution is -0.114. The summed E-state index contributed by atoms with van der Waals surface area (Å²) in [5.74, 6) is 0.128. The molecule has 0 aliphatic heterocycles. The van der Waals surface area contributed by atoms with Crippen molar-refractivity contribution >= 4 is 34.7 Å². The normalized spacial score (nSPS) is 10.1. The van der Waals surface area contributed by atoms with Crippen LogP contribution in [0.2, 0.25) is 0 Å². The molecule has 2 aromatic carbocycles. The van der Waals surface area contributed by atoms with E-state index < -0.39 is 0 Å². The molecule has 136 valence electrons. The Morgan fingerprint density at radius 1 is 0.852 bits per heavy atom. The molecule has 0 saturated heterocycles. The first-order valence-corrected chi connectivity index (χ1v) is 8.33. The average Bonchev–Trinajstić information content (AvgIpc) is 2.69. The summed E-state index contributed by atoms with van der Waals surface area (Å²) in [6, 6.07) is 16.6. The lowest BCUT2D eigenvalue weighted by Crippen LogP contribution is -2.16. The topological polar surface area (TPSA) is 87.2 Å². The van der Waals surface area contributed by atoms with Crippen LogP contribution in [0.5, 0.6) is 0 Å². The van der Waals surface area contributed by atoms with E-state index in [-0.39, 0.29) is 17.5 Å². The Morgan fingerprint density at radius 2 is 1.48 bits per heavy atom.